The van der Waals surface area contributed by atoms with E-state index in [9.17, 15) is 9.59 Å². The first kappa shape index (κ1) is 21.7. The minimum absolute atomic E-state index is 0.00307. The third-order valence-corrected chi connectivity index (χ3v) is 4.73. The van der Waals surface area contributed by atoms with Gasteiger partial charge >= 0.3 is 0 Å². The van der Waals surface area contributed by atoms with E-state index in [0.717, 1.165) is 31.2 Å². The Morgan fingerprint density at radius 1 is 1.14 bits per heavy atom. The van der Waals surface area contributed by atoms with Gasteiger partial charge in [-0.25, -0.2) is 0 Å². The van der Waals surface area contributed by atoms with Crippen molar-refractivity contribution in [3.8, 4) is 0 Å². The summed E-state index contributed by atoms with van der Waals surface area (Å²) < 4.78 is 4.98. The summed E-state index contributed by atoms with van der Waals surface area (Å²) in [5, 5.41) is 6.49. The van der Waals surface area contributed by atoms with Crippen LogP contribution in [0.15, 0.2) is 40.9 Å². The van der Waals surface area contributed by atoms with Crippen molar-refractivity contribution in [2.24, 2.45) is 0 Å². The summed E-state index contributed by atoms with van der Waals surface area (Å²) in [4.78, 5) is 27.4. The molecule has 1 heterocycles. The van der Waals surface area contributed by atoms with E-state index in [1.165, 1.54) is 0 Å². The number of hydrogen-bond donors (Lipinski definition) is 1. The molecule has 2 amide bonds. The number of rotatable bonds is 11. The molecule has 0 aliphatic heterocycles. The first-order valence-corrected chi connectivity index (χ1v) is 10.1. The summed E-state index contributed by atoms with van der Waals surface area (Å²) in [6.07, 6.45) is 4.88. The fourth-order valence-electron chi connectivity index (χ4n) is 3.24. The van der Waals surface area contributed by atoms with Crippen molar-refractivity contribution >= 4 is 17.6 Å². The minimum atomic E-state index is -0.264. The predicted octanol–water partition coefficient (Wildman–Crippen LogP) is 4.52. The molecule has 1 atom stereocenters. The molecule has 0 aliphatic carbocycles. The van der Waals surface area contributed by atoms with Gasteiger partial charge in [0.1, 0.15) is 5.76 Å². The van der Waals surface area contributed by atoms with Crippen LogP contribution in [0.4, 0.5) is 5.82 Å². The van der Waals surface area contributed by atoms with Crippen molar-refractivity contribution in [2.45, 2.75) is 58.8 Å². The Morgan fingerprint density at radius 2 is 1.89 bits per heavy atom. The minimum Gasteiger partial charge on any atom is -0.360 e. The Kier molecular flexibility index (Phi) is 8.72. The van der Waals surface area contributed by atoms with Gasteiger partial charge in [-0.05, 0) is 25.3 Å². The van der Waals surface area contributed by atoms with E-state index >= 15 is 0 Å². The number of aryl methyl sites for hydroxylation is 1. The summed E-state index contributed by atoms with van der Waals surface area (Å²) in [6, 6.07) is 11.4. The van der Waals surface area contributed by atoms with Gasteiger partial charge in [0.25, 0.3) is 0 Å². The first-order chi connectivity index (χ1) is 13.5. The SMILES string of the molecule is CCCCCCN(CC(=O)Nc1cc(C)on1)C(=O)[C@H](CC)c1ccccc1. The van der Waals surface area contributed by atoms with Gasteiger partial charge in [0.2, 0.25) is 11.8 Å². The fraction of sp³-hybridized carbons (Fsp3) is 0.500. The summed E-state index contributed by atoms with van der Waals surface area (Å²) >= 11 is 0. The van der Waals surface area contributed by atoms with Crippen LogP contribution in [0.3, 0.4) is 0 Å². The number of carbonyl (C=O) groups is 2. The third-order valence-electron chi connectivity index (χ3n) is 4.73. The van der Waals surface area contributed by atoms with Gasteiger partial charge in [0, 0.05) is 12.6 Å². The van der Waals surface area contributed by atoms with Crippen LogP contribution in [0.2, 0.25) is 0 Å². The molecule has 0 bridgehead atoms. The van der Waals surface area contributed by atoms with Crippen LogP contribution in [-0.4, -0.2) is 35.0 Å². The fourth-order valence-corrected chi connectivity index (χ4v) is 3.24. The Balaban J connectivity index is 2.07. The highest BCUT2D eigenvalue weighted by atomic mass is 16.5. The zero-order chi connectivity index (χ0) is 20.4. The molecule has 1 aromatic heterocycles. The van der Waals surface area contributed by atoms with Crippen LogP contribution >= 0.6 is 0 Å². The number of nitrogens with zero attached hydrogens (tertiary/aromatic N) is 2. The van der Waals surface area contributed by atoms with E-state index in [1.807, 2.05) is 37.3 Å². The van der Waals surface area contributed by atoms with E-state index in [4.69, 9.17) is 4.52 Å². The Morgan fingerprint density at radius 3 is 2.50 bits per heavy atom. The molecule has 6 heteroatoms. The number of hydrogen-bond acceptors (Lipinski definition) is 4. The average Bonchev–Trinajstić information content (AvgIpc) is 3.10. The van der Waals surface area contributed by atoms with Crippen molar-refractivity contribution in [3.63, 3.8) is 0 Å². The van der Waals surface area contributed by atoms with Gasteiger partial charge in [-0.3, -0.25) is 9.59 Å². The normalized spacial score (nSPS) is 11.8. The molecule has 28 heavy (non-hydrogen) atoms. The van der Waals surface area contributed by atoms with E-state index < -0.39 is 0 Å². The van der Waals surface area contributed by atoms with Gasteiger partial charge in [-0.2, -0.15) is 0 Å². The van der Waals surface area contributed by atoms with Crippen LogP contribution in [-0.2, 0) is 9.59 Å². The van der Waals surface area contributed by atoms with Gasteiger partial charge in [0.05, 0.1) is 12.5 Å². The summed E-state index contributed by atoms with van der Waals surface area (Å²) in [7, 11) is 0. The highest BCUT2D eigenvalue weighted by Crippen LogP contribution is 2.22. The van der Waals surface area contributed by atoms with Crippen LogP contribution in [0.5, 0.6) is 0 Å². The molecule has 0 aliphatic rings. The maximum absolute atomic E-state index is 13.2. The van der Waals surface area contributed by atoms with Crippen LogP contribution in [0, 0.1) is 6.92 Å². The van der Waals surface area contributed by atoms with Crippen LogP contribution in [0.25, 0.3) is 0 Å². The van der Waals surface area contributed by atoms with Crippen LogP contribution in [0.1, 0.15) is 63.2 Å². The second-order valence-corrected chi connectivity index (χ2v) is 7.06. The Bertz CT molecular complexity index is 742. The topological polar surface area (TPSA) is 75.4 Å². The third kappa shape index (κ3) is 6.51. The molecule has 0 saturated heterocycles. The van der Waals surface area contributed by atoms with Gasteiger partial charge in [-0.15, -0.1) is 0 Å². The molecular weight excluding hydrogens is 354 g/mol. The molecular formula is C22H31N3O3. The largest absolute Gasteiger partial charge is 0.360 e. The van der Waals surface area contributed by atoms with Crippen molar-refractivity contribution in [3.05, 3.63) is 47.7 Å². The molecule has 0 radical (unpaired) electrons. The second-order valence-electron chi connectivity index (χ2n) is 7.06. The highest BCUT2D eigenvalue weighted by Gasteiger charge is 2.26. The maximum atomic E-state index is 13.2. The molecule has 0 unspecified atom stereocenters. The van der Waals surface area contributed by atoms with E-state index in [-0.39, 0.29) is 24.3 Å². The molecule has 0 fully saturated rings. The lowest BCUT2D eigenvalue weighted by atomic mass is 9.95. The van der Waals surface area contributed by atoms with Gasteiger partial charge in [-0.1, -0.05) is 68.6 Å². The second kappa shape index (κ2) is 11.3. The predicted molar refractivity (Wildman–Crippen MR) is 110 cm³/mol. The zero-order valence-corrected chi connectivity index (χ0v) is 17.1. The highest BCUT2D eigenvalue weighted by molar-refractivity contribution is 5.95. The molecule has 0 saturated carbocycles. The standard InChI is InChI=1S/C22H31N3O3/c1-4-6-7-11-14-25(16-21(26)23-20-15-17(3)28-24-20)22(27)19(5-2)18-12-9-8-10-13-18/h8-10,12-13,15,19H,4-7,11,14,16H2,1-3H3,(H,23,24,26)/t19-/m1/s1. The van der Waals surface area contributed by atoms with Gasteiger partial charge < -0.3 is 14.7 Å². The maximum Gasteiger partial charge on any atom is 0.245 e. The summed E-state index contributed by atoms with van der Waals surface area (Å²) in [5.74, 6) is 0.486. The number of unbranched alkanes of at least 4 members (excludes halogenated alkanes) is 3. The lowest BCUT2D eigenvalue weighted by Crippen LogP contribution is -2.41. The molecule has 0 spiro atoms. The van der Waals surface area contributed by atoms with Crippen molar-refractivity contribution < 1.29 is 14.1 Å². The van der Waals surface area contributed by atoms with E-state index in [1.54, 1.807) is 17.9 Å². The number of carbonyl (C=O) groups excluding carboxylic acids is 2. The molecule has 152 valence electrons. The number of anilines is 1. The molecule has 6 nitrogen and oxygen atoms in total. The van der Waals surface area contributed by atoms with Crippen molar-refractivity contribution in [1.29, 1.82) is 0 Å². The lowest BCUT2D eigenvalue weighted by Gasteiger charge is -2.27. The quantitative estimate of drug-likeness (QED) is 0.577. The van der Waals surface area contributed by atoms with Crippen molar-refractivity contribution in [2.75, 3.05) is 18.4 Å². The summed E-state index contributed by atoms with van der Waals surface area (Å²) in [6.45, 7) is 6.51. The Hall–Kier alpha value is -2.63. The lowest BCUT2D eigenvalue weighted by molar-refractivity contribution is -0.136. The van der Waals surface area contributed by atoms with E-state index in [0.29, 0.717) is 24.5 Å². The average molecular weight is 386 g/mol. The summed E-state index contributed by atoms with van der Waals surface area (Å²) in [5.41, 5.74) is 0.987. The Labute approximate surface area is 167 Å². The molecule has 1 aromatic carbocycles. The van der Waals surface area contributed by atoms with Crippen molar-refractivity contribution in [1.82, 2.24) is 10.1 Å². The first-order valence-electron chi connectivity index (χ1n) is 10.1. The van der Waals surface area contributed by atoms with E-state index in [2.05, 4.69) is 17.4 Å². The van der Waals surface area contributed by atoms with Crippen LogP contribution < -0.4 is 5.32 Å². The molecule has 1 N–H and O–H groups in total. The number of benzene rings is 1. The number of nitrogens with one attached hydrogen (secondary N) is 1. The number of amides is 2. The smallest absolute Gasteiger partial charge is 0.245 e. The van der Waals surface area contributed by atoms with Gasteiger partial charge in [0.15, 0.2) is 5.82 Å². The molecule has 2 aromatic rings. The number of aromatic nitrogens is 1. The zero-order valence-electron chi connectivity index (χ0n) is 17.1. The monoisotopic (exact) mass is 385 g/mol. The molecule has 2 rings (SSSR count).